The third-order valence-corrected chi connectivity index (χ3v) is 3.78. The summed E-state index contributed by atoms with van der Waals surface area (Å²) in [7, 11) is 0. The molecule has 0 heterocycles. The Balaban J connectivity index is 2.52. The molecule has 1 unspecified atom stereocenters. The Labute approximate surface area is 117 Å². The van der Waals surface area contributed by atoms with Gasteiger partial charge in [0.15, 0.2) is 0 Å². The maximum atomic E-state index is 9.76. The van der Waals surface area contributed by atoms with E-state index >= 15 is 0 Å². The molecular weight excluding hydrogens is 277 g/mol. The first-order chi connectivity index (χ1) is 8.04. The van der Waals surface area contributed by atoms with E-state index in [0.717, 1.165) is 17.9 Å². The molecule has 0 aliphatic carbocycles. The number of phenolic OH excluding ortho intramolecular Hbond substituents is 1. The lowest BCUT2D eigenvalue weighted by atomic mass is 10.2. The van der Waals surface area contributed by atoms with E-state index in [1.165, 1.54) is 6.07 Å². The van der Waals surface area contributed by atoms with Crippen LogP contribution in [0.4, 0.5) is 0 Å². The van der Waals surface area contributed by atoms with Crippen LogP contribution in [0.3, 0.4) is 0 Å². The lowest BCUT2D eigenvalue weighted by molar-refractivity contribution is 0.462. The molecule has 0 saturated carbocycles. The molecule has 0 aromatic heterocycles. The van der Waals surface area contributed by atoms with E-state index in [4.69, 9.17) is 23.2 Å². The number of thioether (sulfide) groups is 1. The number of phenols is 1. The number of benzene rings is 1. The minimum atomic E-state index is 0.112. The summed E-state index contributed by atoms with van der Waals surface area (Å²) >= 11 is 13.6. The van der Waals surface area contributed by atoms with Crippen LogP contribution < -0.4 is 5.32 Å². The van der Waals surface area contributed by atoms with Crippen LogP contribution in [0.5, 0.6) is 5.75 Å². The summed E-state index contributed by atoms with van der Waals surface area (Å²) < 4.78 is 0. The first-order valence-electron chi connectivity index (χ1n) is 5.41. The first-order valence-corrected chi connectivity index (χ1v) is 7.56. The monoisotopic (exact) mass is 293 g/mol. The van der Waals surface area contributed by atoms with Gasteiger partial charge in [-0.15, -0.1) is 0 Å². The highest BCUT2D eigenvalue weighted by atomic mass is 35.5. The Kier molecular flexibility index (Phi) is 6.49. The second-order valence-corrected chi connectivity index (χ2v) is 5.84. The van der Waals surface area contributed by atoms with Gasteiger partial charge in [0.1, 0.15) is 5.75 Å². The number of hydrogen-bond acceptors (Lipinski definition) is 3. The van der Waals surface area contributed by atoms with Gasteiger partial charge < -0.3 is 10.4 Å². The largest absolute Gasteiger partial charge is 0.506 e. The molecule has 5 heteroatoms. The van der Waals surface area contributed by atoms with Gasteiger partial charge in [-0.3, -0.25) is 0 Å². The quantitative estimate of drug-likeness (QED) is 0.837. The van der Waals surface area contributed by atoms with Crippen LogP contribution >= 0.6 is 35.0 Å². The fourth-order valence-corrected chi connectivity index (χ4v) is 2.77. The Morgan fingerprint density at radius 3 is 2.76 bits per heavy atom. The molecular formula is C12H17Cl2NOS. The molecule has 0 aliphatic heterocycles. The van der Waals surface area contributed by atoms with Crippen molar-refractivity contribution in [1.29, 1.82) is 0 Å². The van der Waals surface area contributed by atoms with Crippen molar-refractivity contribution in [3.05, 3.63) is 27.7 Å². The van der Waals surface area contributed by atoms with Crippen LogP contribution in [-0.4, -0.2) is 23.7 Å². The second kappa shape index (κ2) is 7.37. The molecule has 2 nitrogen and oxygen atoms in total. The van der Waals surface area contributed by atoms with E-state index in [2.05, 4.69) is 18.5 Å². The molecule has 1 aromatic rings. The zero-order chi connectivity index (χ0) is 12.8. The van der Waals surface area contributed by atoms with Crippen molar-refractivity contribution in [3.63, 3.8) is 0 Å². The minimum absolute atomic E-state index is 0.112. The van der Waals surface area contributed by atoms with Crippen LogP contribution in [-0.2, 0) is 6.54 Å². The smallest absolute Gasteiger partial charge is 0.138 e. The Morgan fingerprint density at radius 1 is 1.41 bits per heavy atom. The molecule has 2 N–H and O–H groups in total. The molecule has 1 atom stereocenters. The predicted molar refractivity (Wildman–Crippen MR) is 77.4 cm³/mol. The maximum Gasteiger partial charge on any atom is 0.138 e. The number of aromatic hydroxyl groups is 1. The third kappa shape index (κ3) is 4.96. The lowest BCUT2D eigenvalue weighted by Crippen LogP contribution is -2.22. The van der Waals surface area contributed by atoms with Crippen LogP contribution in [0, 0.1) is 5.92 Å². The molecule has 0 bridgehead atoms. The van der Waals surface area contributed by atoms with Gasteiger partial charge in [-0.25, -0.2) is 0 Å². The standard InChI is InChI=1S/C12H17Cl2NOS/c1-8(7-17-2)5-15-6-9-3-10(13)4-11(14)12(9)16/h3-4,8,15-16H,5-7H2,1-2H3. The average Bonchev–Trinajstić information content (AvgIpc) is 2.25. The molecule has 1 aromatic carbocycles. The fraction of sp³-hybridized carbons (Fsp3) is 0.500. The first kappa shape index (κ1) is 15.0. The van der Waals surface area contributed by atoms with Crippen molar-refractivity contribution in [2.75, 3.05) is 18.6 Å². The Bertz CT molecular complexity index is 374. The summed E-state index contributed by atoms with van der Waals surface area (Å²) in [5.74, 6) is 1.83. The van der Waals surface area contributed by atoms with Crippen LogP contribution in [0.1, 0.15) is 12.5 Å². The van der Waals surface area contributed by atoms with Crippen molar-refractivity contribution in [2.24, 2.45) is 5.92 Å². The SMILES string of the molecule is CSCC(C)CNCc1cc(Cl)cc(Cl)c1O. The molecule has 0 fully saturated rings. The molecule has 0 saturated heterocycles. The van der Waals surface area contributed by atoms with Crippen molar-refractivity contribution < 1.29 is 5.11 Å². The van der Waals surface area contributed by atoms with E-state index in [0.29, 0.717) is 22.5 Å². The van der Waals surface area contributed by atoms with E-state index in [1.54, 1.807) is 6.07 Å². The summed E-state index contributed by atoms with van der Waals surface area (Å²) in [5, 5.41) is 13.9. The van der Waals surface area contributed by atoms with Gasteiger partial charge in [-0.05, 0) is 36.6 Å². The molecule has 96 valence electrons. The fourth-order valence-electron chi connectivity index (χ4n) is 1.55. The highest BCUT2D eigenvalue weighted by Gasteiger charge is 2.08. The number of halogens is 2. The highest BCUT2D eigenvalue weighted by Crippen LogP contribution is 2.30. The normalized spacial score (nSPS) is 12.7. The molecule has 0 amide bonds. The van der Waals surface area contributed by atoms with Gasteiger partial charge in [0.2, 0.25) is 0 Å². The molecule has 0 spiro atoms. The molecule has 0 radical (unpaired) electrons. The van der Waals surface area contributed by atoms with Crippen LogP contribution in [0.2, 0.25) is 10.0 Å². The van der Waals surface area contributed by atoms with E-state index < -0.39 is 0 Å². The van der Waals surface area contributed by atoms with E-state index in [9.17, 15) is 5.11 Å². The number of nitrogens with one attached hydrogen (secondary N) is 1. The highest BCUT2D eigenvalue weighted by molar-refractivity contribution is 7.98. The van der Waals surface area contributed by atoms with Crippen LogP contribution in [0.15, 0.2) is 12.1 Å². The van der Waals surface area contributed by atoms with E-state index in [1.807, 2.05) is 11.8 Å². The van der Waals surface area contributed by atoms with Crippen molar-refractivity contribution >= 4 is 35.0 Å². The minimum Gasteiger partial charge on any atom is -0.506 e. The van der Waals surface area contributed by atoms with Gasteiger partial charge in [0, 0.05) is 17.1 Å². The summed E-state index contributed by atoms with van der Waals surface area (Å²) in [6.07, 6.45) is 2.10. The van der Waals surface area contributed by atoms with Crippen molar-refractivity contribution in [3.8, 4) is 5.75 Å². The van der Waals surface area contributed by atoms with Gasteiger partial charge in [0.25, 0.3) is 0 Å². The molecule has 1 rings (SSSR count). The van der Waals surface area contributed by atoms with Gasteiger partial charge in [-0.2, -0.15) is 11.8 Å². The number of hydrogen-bond donors (Lipinski definition) is 2. The summed E-state index contributed by atoms with van der Waals surface area (Å²) in [6, 6.07) is 3.27. The Morgan fingerprint density at radius 2 is 2.12 bits per heavy atom. The predicted octanol–water partition coefficient (Wildman–Crippen LogP) is 3.79. The zero-order valence-electron chi connectivity index (χ0n) is 9.96. The lowest BCUT2D eigenvalue weighted by Gasteiger charge is -2.12. The third-order valence-electron chi connectivity index (χ3n) is 2.37. The average molecular weight is 294 g/mol. The summed E-state index contributed by atoms with van der Waals surface area (Å²) in [5.41, 5.74) is 0.735. The summed E-state index contributed by atoms with van der Waals surface area (Å²) in [4.78, 5) is 0. The molecule has 17 heavy (non-hydrogen) atoms. The second-order valence-electron chi connectivity index (χ2n) is 4.09. The topological polar surface area (TPSA) is 32.3 Å². The summed E-state index contributed by atoms with van der Waals surface area (Å²) in [6.45, 7) is 3.67. The van der Waals surface area contributed by atoms with Gasteiger partial charge in [-0.1, -0.05) is 30.1 Å². The number of rotatable bonds is 6. The van der Waals surface area contributed by atoms with E-state index in [-0.39, 0.29) is 5.75 Å². The molecule has 0 aliphatic rings. The van der Waals surface area contributed by atoms with Gasteiger partial charge >= 0.3 is 0 Å². The Hall–Kier alpha value is -0.0900. The van der Waals surface area contributed by atoms with Gasteiger partial charge in [0.05, 0.1) is 5.02 Å². The van der Waals surface area contributed by atoms with Crippen molar-refractivity contribution in [2.45, 2.75) is 13.5 Å². The van der Waals surface area contributed by atoms with Crippen molar-refractivity contribution in [1.82, 2.24) is 5.32 Å². The van der Waals surface area contributed by atoms with Crippen LogP contribution in [0.25, 0.3) is 0 Å². The maximum absolute atomic E-state index is 9.76. The zero-order valence-corrected chi connectivity index (χ0v) is 12.3.